The lowest BCUT2D eigenvalue weighted by molar-refractivity contribution is -0.148. The molecular weight excluding hydrogens is 216 g/mol. The minimum absolute atomic E-state index is 0.0970. The number of carbonyl (C=O) groups excluding carboxylic acids is 1. The molecule has 17 heavy (non-hydrogen) atoms. The molecule has 3 rings (SSSR count). The smallest absolute Gasteiger partial charge is 0.136 e. The average molecular weight is 238 g/mol. The molecule has 0 aromatic rings. The maximum Gasteiger partial charge on any atom is 0.136 e. The van der Waals surface area contributed by atoms with Gasteiger partial charge in [0.05, 0.1) is 18.1 Å². The van der Waals surface area contributed by atoms with Crippen molar-refractivity contribution in [3.63, 3.8) is 0 Å². The Balaban J connectivity index is 2.05. The van der Waals surface area contributed by atoms with Crippen LogP contribution in [0.4, 0.5) is 0 Å². The van der Waals surface area contributed by atoms with Gasteiger partial charge in [0.1, 0.15) is 11.4 Å². The molecule has 3 nitrogen and oxygen atoms in total. The molecule has 1 aliphatic heterocycles. The minimum Gasteiger partial charge on any atom is -0.392 e. The van der Waals surface area contributed by atoms with Crippen LogP contribution in [0.25, 0.3) is 0 Å². The first-order valence-electron chi connectivity index (χ1n) is 6.80. The summed E-state index contributed by atoms with van der Waals surface area (Å²) in [5, 5.41) is 10.2. The molecular formula is C14H22O3. The molecule has 2 saturated carbocycles. The third kappa shape index (κ3) is 1.22. The molecule has 3 aliphatic rings. The molecule has 0 bridgehead atoms. The van der Waals surface area contributed by atoms with E-state index in [1.165, 1.54) is 0 Å². The van der Waals surface area contributed by atoms with E-state index in [0.717, 1.165) is 19.3 Å². The van der Waals surface area contributed by atoms with Crippen molar-refractivity contribution in [3.05, 3.63) is 0 Å². The summed E-state index contributed by atoms with van der Waals surface area (Å²) >= 11 is 0. The summed E-state index contributed by atoms with van der Waals surface area (Å²) in [6.45, 7) is 6.01. The van der Waals surface area contributed by atoms with Crippen LogP contribution >= 0.6 is 0 Å². The molecule has 6 atom stereocenters. The molecule has 0 unspecified atom stereocenters. The van der Waals surface area contributed by atoms with Gasteiger partial charge in [-0.25, -0.2) is 0 Å². The van der Waals surface area contributed by atoms with Gasteiger partial charge in [0, 0.05) is 5.41 Å². The Morgan fingerprint density at radius 1 is 1.35 bits per heavy atom. The second-order valence-corrected chi connectivity index (χ2v) is 6.45. The number of epoxide rings is 1. The van der Waals surface area contributed by atoms with Crippen LogP contribution in [0.2, 0.25) is 0 Å². The quantitative estimate of drug-likeness (QED) is 0.710. The molecule has 0 aromatic carbocycles. The number of ether oxygens (including phenoxy) is 1. The summed E-state index contributed by atoms with van der Waals surface area (Å²) in [5.41, 5.74) is -0.264. The first-order valence-corrected chi connectivity index (χ1v) is 6.80. The van der Waals surface area contributed by atoms with E-state index < -0.39 is 6.10 Å². The summed E-state index contributed by atoms with van der Waals surface area (Å²) < 4.78 is 6.01. The van der Waals surface area contributed by atoms with Crippen LogP contribution < -0.4 is 0 Å². The summed E-state index contributed by atoms with van der Waals surface area (Å²) in [6.07, 6.45) is 3.73. The molecule has 0 amide bonds. The van der Waals surface area contributed by atoms with Crippen molar-refractivity contribution in [2.75, 3.05) is 0 Å². The van der Waals surface area contributed by atoms with E-state index in [1.807, 2.05) is 0 Å². The zero-order valence-electron chi connectivity index (χ0n) is 10.9. The fourth-order valence-corrected chi connectivity index (χ4v) is 4.78. The van der Waals surface area contributed by atoms with E-state index >= 15 is 0 Å². The summed E-state index contributed by atoms with van der Waals surface area (Å²) in [6, 6.07) is 0. The zero-order valence-corrected chi connectivity index (χ0v) is 10.9. The van der Waals surface area contributed by atoms with Gasteiger partial charge in [-0.3, -0.25) is 4.79 Å². The van der Waals surface area contributed by atoms with Gasteiger partial charge < -0.3 is 9.84 Å². The van der Waals surface area contributed by atoms with E-state index in [0.29, 0.717) is 18.4 Å². The van der Waals surface area contributed by atoms with Crippen molar-refractivity contribution >= 4 is 5.78 Å². The van der Waals surface area contributed by atoms with Crippen molar-refractivity contribution in [2.45, 2.75) is 64.3 Å². The van der Waals surface area contributed by atoms with Gasteiger partial charge in [0.15, 0.2) is 0 Å². The van der Waals surface area contributed by atoms with Crippen LogP contribution in [0, 0.1) is 17.3 Å². The number of hydrogen-bond donors (Lipinski definition) is 1. The Bertz CT molecular complexity index is 366. The van der Waals surface area contributed by atoms with Gasteiger partial charge in [0.2, 0.25) is 0 Å². The van der Waals surface area contributed by atoms with E-state index in [9.17, 15) is 9.90 Å². The third-order valence-corrected chi connectivity index (χ3v) is 5.89. The average Bonchev–Trinajstić information content (AvgIpc) is 2.96. The van der Waals surface area contributed by atoms with Gasteiger partial charge in [-0.05, 0) is 38.5 Å². The van der Waals surface area contributed by atoms with Crippen LogP contribution in [-0.2, 0) is 9.53 Å². The second kappa shape index (κ2) is 3.33. The summed E-state index contributed by atoms with van der Waals surface area (Å²) in [4.78, 5) is 12.0. The molecule has 3 heteroatoms. The van der Waals surface area contributed by atoms with Gasteiger partial charge in [0.25, 0.3) is 0 Å². The summed E-state index contributed by atoms with van der Waals surface area (Å²) in [7, 11) is 0. The van der Waals surface area contributed by atoms with E-state index in [1.54, 1.807) is 6.92 Å². The Labute approximate surface area is 103 Å². The van der Waals surface area contributed by atoms with Crippen molar-refractivity contribution in [1.29, 1.82) is 0 Å². The number of carbonyl (C=O) groups is 1. The number of ketones is 1. The lowest BCUT2D eigenvalue weighted by Crippen LogP contribution is -2.59. The van der Waals surface area contributed by atoms with Crippen LogP contribution in [0.15, 0.2) is 0 Å². The molecule has 1 spiro atoms. The first kappa shape index (κ1) is 11.7. The van der Waals surface area contributed by atoms with E-state index in [4.69, 9.17) is 4.74 Å². The summed E-state index contributed by atoms with van der Waals surface area (Å²) in [5.74, 6) is 0.337. The number of hydrogen-bond acceptors (Lipinski definition) is 3. The predicted molar refractivity (Wildman–Crippen MR) is 63.5 cm³/mol. The Morgan fingerprint density at radius 2 is 2.06 bits per heavy atom. The lowest BCUT2D eigenvalue weighted by Gasteiger charge is -2.53. The zero-order chi connectivity index (χ0) is 12.4. The lowest BCUT2D eigenvalue weighted by atomic mass is 9.49. The van der Waals surface area contributed by atoms with Gasteiger partial charge in [-0.15, -0.1) is 0 Å². The van der Waals surface area contributed by atoms with Crippen LogP contribution in [-0.4, -0.2) is 28.7 Å². The topological polar surface area (TPSA) is 49.8 Å². The number of aliphatic hydroxyl groups is 1. The highest BCUT2D eigenvalue weighted by Gasteiger charge is 2.74. The first-order chi connectivity index (χ1) is 7.93. The normalized spacial score (nSPS) is 56.9. The molecule has 0 radical (unpaired) electrons. The molecule has 1 saturated heterocycles. The van der Waals surface area contributed by atoms with Gasteiger partial charge >= 0.3 is 0 Å². The standard InChI is InChI=1S/C14H22O3/c1-8-4-5-11-14(17-11)7-6-10(16)12(9(2)15)13(8,14)3/h8,10-12,16H,4-7H2,1-3H3/t8-,10+,11-,12-,13-,14-/m1/s1. The molecule has 0 aromatic heterocycles. The molecule has 96 valence electrons. The molecule has 1 N–H and O–H groups in total. The van der Waals surface area contributed by atoms with Crippen molar-refractivity contribution in [3.8, 4) is 0 Å². The maximum atomic E-state index is 12.0. The van der Waals surface area contributed by atoms with Crippen molar-refractivity contribution in [2.24, 2.45) is 17.3 Å². The molecule has 2 aliphatic carbocycles. The second-order valence-electron chi connectivity index (χ2n) is 6.45. The van der Waals surface area contributed by atoms with Gasteiger partial charge in [-0.2, -0.15) is 0 Å². The SMILES string of the molecule is CC(=O)[C@@H]1[C@@H](O)CC[C@@]23O[C@@H]2CC[C@@H](C)[C@]13C. The predicted octanol–water partition coefficient (Wildman–Crippen LogP) is 1.92. The fraction of sp³-hybridized carbons (Fsp3) is 0.929. The maximum absolute atomic E-state index is 12.0. The largest absolute Gasteiger partial charge is 0.392 e. The van der Waals surface area contributed by atoms with Gasteiger partial charge in [-0.1, -0.05) is 13.8 Å². The highest BCUT2D eigenvalue weighted by Crippen LogP contribution is 2.68. The minimum atomic E-state index is -0.478. The fourth-order valence-electron chi connectivity index (χ4n) is 4.78. The van der Waals surface area contributed by atoms with E-state index in [2.05, 4.69) is 13.8 Å². The number of Topliss-reactive ketones (excluding diaryl/α,β-unsaturated/α-hetero) is 1. The Hall–Kier alpha value is -0.410. The number of rotatable bonds is 1. The van der Waals surface area contributed by atoms with E-state index in [-0.39, 0.29) is 22.7 Å². The molecule has 1 heterocycles. The van der Waals surface area contributed by atoms with Crippen LogP contribution in [0.5, 0.6) is 0 Å². The highest BCUT2D eigenvalue weighted by atomic mass is 16.6. The van der Waals surface area contributed by atoms with Crippen LogP contribution in [0.3, 0.4) is 0 Å². The third-order valence-electron chi connectivity index (χ3n) is 5.89. The van der Waals surface area contributed by atoms with Crippen molar-refractivity contribution in [1.82, 2.24) is 0 Å². The highest BCUT2D eigenvalue weighted by molar-refractivity contribution is 5.80. The monoisotopic (exact) mass is 238 g/mol. The Morgan fingerprint density at radius 3 is 2.71 bits per heavy atom. The number of aliphatic hydroxyl groups excluding tert-OH is 1. The van der Waals surface area contributed by atoms with Crippen molar-refractivity contribution < 1.29 is 14.6 Å². The molecule has 3 fully saturated rings. The Kier molecular flexibility index (Phi) is 2.28. The van der Waals surface area contributed by atoms with Crippen LogP contribution in [0.1, 0.15) is 46.5 Å².